The molecule has 6 atom stereocenters. The number of aromatic hydroxyl groups is 1. The minimum Gasteiger partial charge on any atom is -0.508 e. The Morgan fingerprint density at radius 3 is 2.59 bits per heavy atom. The van der Waals surface area contributed by atoms with Gasteiger partial charge in [0.15, 0.2) is 5.11 Å². The highest BCUT2D eigenvalue weighted by Gasteiger charge is 2.44. The molecule has 0 unspecified atom stereocenters. The van der Waals surface area contributed by atoms with Gasteiger partial charge in [-0.1, -0.05) is 18.2 Å². The first-order valence-corrected chi connectivity index (χ1v) is 12.1. The van der Waals surface area contributed by atoms with Gasteiger partial charge in [-0.15, -0.1) is 0 Å². The summed E-state index contributed by atoms with van der Waals surface area (Å²) in [4.78, 5) is 25.7. The number of aromatic nitrogens is 1. The number of ether oxygens (including phenoxy) is 2. The molecular formula is C26H29N3O7S. The van der Waals surface area contributed by atoms with Crippen LogP contribution in [-0.4, -0.2) is 68.5 Å². The first kappa shape index (κ1) is 26.7. The first-order valence-electron chi connectivity index (χ1n) is 11.7. The summed E-state index contributed by atoms with van der Waals surface area (Å²) in [6, 6.07) is 13.6. The molecule has 0 amide bonds. The number of nitrogens with zero attached hydrogens (tertiary/aromatic N) is 1. The summed E-state index contributed by atoms with van der Waals surface area (Å²) in [5.74, 6) is -0.560. The molecule has 3 aromatic rings. The van der Waals surface area contributed by atoms with E-state index in [9.17, 15) is 24.9 Å². The maximum Gasteiger partial charge on any atom is 0.257 e. The largest absolute Gasteiger partial charge is 0.508 e. The number of pyridine rings is 1. The molecule has 1 fully saturated rings. The maximum absolute atomic E-state index is 13.2. The van der Waals surface area contributed by atoms with Gasteiger partial charge in [0.25, 0.3) is 11.5 Å². The second kappa shape index (κ2) is 11.0. The van der Waals surface area contributed by atoms with E-state index in [0.717, 1.165) is 9.95 Å². The minimum absolute atomic E-state index is 0.0677. The molecule has 2 heterocycles. The molecule has 1 aromatic heterocycles. The Labute approximate surface area is 218 Å². The Kier molecular flexibility index (Phi) is 7.90. The van der Waals surface area contributed by atoms with Crippen molar-refractivity contribution < 1.29 is 29.6 Å². The fourth-order valence-corrected chi connectivity index (χ4v) is 4.78. The summed E-state index contributed by atoms with van der Waals surface area (Å²) in [7, 11) is 1.38. The molecule has 11 heteroatoms. The molecule has 196 valence electrons. The molecule has 1 aliphatic heterocycles. The van der Waals surface area contributed by atoms with Gasteiger partial charge in [0, 0.05) is 24.4 Å². The molecule has 0 radical (unpaired) electrons. The number of anilines is 1. The zero-order valence-electron chi connectivity index (χ0n) is 20.5. The Morgan fingerprint density at radius 2 is 1.86 bits per heavy atom. The summed E-state index contributed by atoms with van der Waals surface area (Å²) in [5.41, 5.74) is 0.812. The number of benzene rings is 2. The van der Waals surface area contributed by atoms with E-state index >= 15 is 0 Å². The lowest BCUT2D eigenvalue weighted by molar-refractivity contribution is -0.226. The quantitative estimate of drug-likeness (QED) is 0.247. The minimum atomic E-state index is -1.24. The van der Waals surface area contributed by atoms with Gasteiger partial charge >= 0.3 is 0 Å². The van der Waals surface area contributed by atoms with Gasteiger partial charge in [-0.25, -0.2) is 4.57 Å². The molecule has 0 aliphatic carbocycles. The van der Waals surface area contributed by atoms with E-state index in [1.165, 1.54) is 25.3 Å². The van der Waals surface area contributed by atoms with Crippen LogP contribution < -0.4 is 16.2 Å². The van der Waals surface area contributed by atoms with Crippen molar-refractivity contribution in [1.29, 1.82) is 0 Å². The third kappa shape index (κ3) is 5.36. The summed E-state index contributed by atoms with van der Waals surface area (Å²) in [6.07, 6.45) is -4.80. The number of methoxy groups -OCH3 is 1. The van der Waals surface area contributed by atoms with Gasteiger partial charge in [0.1, 0.15) is 36.2 Å². The van der Waals surface area contributed by atoms with Crippen molar-refractivity contribution in [3.63, 3.8) is 0 Å². The molecule has 0 bridgehead atoms. The van der Waals surface area contributed by atoms with E-state index in [-0.39, 0.29) is 10.9 Å². The maximum atomic E-state index is 13.2. The van der Waals surface area contributed by atoms with Crippen LogP contribution >= 0.6 is 12.2 Å². The van der Waals surface area contributed by atoms with Gasteiger partial charge < -0.3 is 35.4 Å². The molecule has 2 aromatic carbocycles. The number of phenols is 1. The molecule has 4 rings (SSSR count). The number of hydrogen-bond donors (Lipinski definition) is 5. The molecular weight excluding hydrogens is 498 g/mol. The molecule has 1 aliphatic rings. The number of nitrogens with one attached hydrogen (secondary N) is 2. The number of aliphatic hydroxyl groups is 2. The number of hydrogen-bond acceptors (Lipinski definition) is 8. The van der Waals surface area contributed by atoms with Crippen LogP contribution in [-0.2, 0) is 9.47 Å². The second-order valence-corrected chi connectivity index (χ2v) is 9.35. The first-order chi connectivity index (χ1) is 17.6. The van der Waals surface area contributed by atoms with Crippen molar-refractivity contribution >= 4 is 39.8 Å². The van der Waals surface area contributed by atoms with Crippen molar-refractivity contribution in [2.75, 3.05) is 12.4 Å². The van der Waals surface area contributed by atoms with E-state index < -0.39 is 48.0 Å². The molecule has 5 N–H and O–H groups in total. The van der Waals surface area contributed by atoms with E-state index in [1.807, 2.05) is 12.1 Å². The second-order valence-electron chi connectivity index (χ2n) is 8.94. The summed E-state index contributed by atoms with van der Waals surface area (Å²) < 4.78 is 12.2. The number of aliphatic hydroxyl groups excluding tert-OH is 2. The Balaban J connectivity index is 1.55. The van der Waals surface area contributed by atoms with E-state index in [1.54, 1.807) is 38.1 Å². The third-order valence-corrected chi connectivity index (χ3v) is 6.65. The summed E-state index contributed by atoms with van der Waals surface area (Å²) in [5, 5.41) is 37.9. The van der Waals surface area contributed by atoms with Crippen LogP contribution in [0.5, 0.6) is 5.75 Å². The zero-order valence-corrected chi connectivity index (χ0v) is 21.3. The van der Waals surface area contributed by atoms with Crippen LogP contribution in [0.3, 0.4) is 0 Å². The highest BCUT2D eigenvalue weighted by Crippen LogP contribution is 2.38. The normalized spacial score (nSPS) is 24.4. The van der Waals surface area contributed by atoms with Gasteiger partial charge in [0.05, 0.1) is 11.6 Å². The van der Waals surface area contributed by atoms with Gasteiger partial charge in [0.2, 0.25) is 0 Å². The predicted octanol–water partition coefficient (Wildman–Crippen LogP) is 1.92. The van der Waals surface area contributed by atoms with Crippen molar-refractivity contribution in [1.82, 2.24) is 9.88 Å². The van der Waals surface area contributed by atoms with Crippen molar-refractivity contribution in [3.05, 3.63) is 70.5 Å². The standard InChI is InChI=1S/C26H29N3O7S/c1-13(25(34)29-19-7-5-4-6-15(19)8-11-20(29)31)27-26(37)28-18-10-9-16(30)12-17(18)23-22(33)24(35-3)21(32)14(2)36-23/h4-14,21-24,30,32-33H,1-3H3,(H2,27,28,37)/t13-,14+,21-,22-,23-,24-/m1/s1. The molecule has 0 saturated carbocycles. The van der Waals surface area contributed by atoms with E-state index in [2.05, 4.69) is 10.6 Å². The van der Waals surface area contributed by atoms with Crippen molar-refractivity contribution in [2.45, 2.75) is 50.4 Å². The molecule has 0 spiro atoms. The van der Waals surface area contributed by atoms with Crippen LogP contribution in [0.25, 0.3) is 10.9 Å². The van der Waals surface area contributed by atoms with Crippen LogP contribution in [0.2, 0.25) is 0 Å². The Morgan fingerprint density at radius 1 is 1.14 bits per heavy atom. The number of phenolic OH excluding ortho intramolecular Hbond substituents is 1. The molecule has 37 heavy (non-hydrogen) atoms. The number of thiocarbonyl (C=S) groups is 1. The van der Waals surface area contributed by atoms with Crippen LogP contribution in [0, 0.1) is 0 Å². The van der Waals surface area contributed by atoms with Crippen LogP contribution in [0.4, 0.5) is 5.69 Å². The van der Waals surface area contributed by atoms with E-state index in [0.29, 0.717) is 16.8 Å². The molecule has 10 nitrogen and oxygen atoms in total. The third-order valence-electron chi connectivity index (χ3n) is 6.43. The Bertz CT molecular complexity index is 1380. The van der Waals surface area contributed by atoms with Crippen molar-refractivity contribution in [2.24, 2.45) is 0 Å². The molecule has 1 saturated heterocycles. The average Bonchev–Trinajstić information content (AvgIpc) is 2.87. The fourth-order valence-electron chi connectivity index (χ4n) is 4.49. The highest BCUT2D eigenvalue weighted by atomic mass is 32.1. The van der Waals surface area contributed by atoms with Crippen LogP contribution in [0.15, 0.2) is 59.4 Å². The lowest BCUT2D eigenvalue weighted by Gasteiger charge is -2.41. The highest BCUT2D eigenvalue weighted by molar-refractivity contribution is 7.80. The van der Waals surface area contributed by atoms with Crippen LogP contribution in [0.1, 0.15) is 30.3 Å². The fraction of sp³-hybridized carbons (Fsp3) is 0.346. The smallest absolute Gasteiger partial charge is 0.257 e. The Hall–Kier alpha value is -3.35. The lowest BCUT2D eigenvalue weighted by Crippen LogP contribution is -2.54. The van der Waals surface area contributed by atoms with Crippen molar-refractivity contribution in [3.8, 4) is 5.75 Å². The zero-order chi connectivity index (χ0) is 26.9. The number of fused-ring (bicyclic) bond motifs is 1. The van der Waals surface area contributed by atoms with Gasteiger partial charge in [-0.05, 0) is 61.8 Å². The summed E-state index contributed by atoms with van der Waals surface area (Å²) in [6.45, 7) is 3.24. The summed E-state index contributed by atoms with van der Waals surface area (Å²) >= 11 is 5.43. The monoisotopic (exact) mass is 527 g/mol. The predicted molar refractivity (Wildman–Crippen MR) is 142 cm³/mol. The lowest BCUT2D eigenvalue weighted by atomic mass is 9.90. The number of para-hydroxylation sites is 1. The topological polar surface area (TPSA) is 142 Å². The average molecular weight is 528 g/mol. The number of carbonyl (C=O) groups excluding carboxylic acids is 1. The van der Waals surface area contributed by atoms with Gasteiger partial charge in [-0.2, -0.15) is 0 Å². The van der Waals surface area contributed by atoms with Gasteiger partial charge in [-0.3, -0.25) is 9.59 Å². The van der Waals surface area contributed by atoms with E-state index in [4.69, 9.17) is 21.7 Å². The number of rotatable bonds is 5. The SMILES string of the molecule is CO[C@@H]1[C@H](O)[C@H](C)O[C@H](c2cc(O)ccc2NC(=S)N[C@H](C)C(=O)n2c(=O)ccc3ccccc32)[C@H]1O. The number of carbonyl (C=O) groups is 1.